The maximum absolute atomic E-state index is 13.7. The summed E-state index contributed by atoms with van der Waals surface area (Å²) in [6, 6.07) is 0. The maximum atomic E-state index is 13.7. The van der Waals surface area contributed by atoms with Gasteiger partial charge >= 0.3 is 17.8 Å². The quantitative estimate of drug-likeness (QED) is 0.747. The van der Waals surface area contributed by atoms with E-state index in [2.05, 4.69) is 0 Å². The van der Waals surface area contributed by atoms with Gasteiger partial charge in [-0.2, -0.15) is 17.6 Å². The van der Waals surface area contributed by atoms with Crippen molar-refractivity contribution in [2.45, 2.75) is 56.2 Å². The summed E-state index contributed by atoms with van der Waals surface area (Å²) in [6.07, 6.45) is 0.481. The second-order valence-electron chi connectivity index (χ2n) is 7.68. The fourth-order valence-electron chi connectivity index (χ4n) is 5.25. The Bertz CT molecular complexity index is 554. The number of aliphatic carboxylic acids is 1. The first-order valence-corrected chi connectivity index (χ1v) is 7.83. The molecule has 8 heteroatoms. The van der Waals surface area contributed by atoms with Crippen LogP contribution in [0.3, 0.4) is 0 Å². The summed E-state index contributed by atoms with van der Waals surface area (Å²) in [5.41, 5.74) is -1.51. The van der Waals surface area contributed by atoms with Gasteiger partial charge in [0.25, 0.3) is 0 Å². The third kappa shape index (κ3) is 1.94. The Kier molecular flexibility index (Phi) is 2.98. The van der Waals surface area contributed by atoms with Crippen LogP contribution in [0.2, 0.25) is 0 Å². The molecule has 0 aromatic carbocycles. The molecule has 3 bridgehead atoms. The average Bonchev–Trinajstić information content (AvgIpc) is 2.64. The molecule has 3 aliphatic carbocycles. The van der Waals surface area contributed by atoms with Gasteiger partial charge < -0.3 is 14.6 Å². The van der Waals surface area contributed by atoms with E-state index < -0.39 is 54.1 Å². The van der Waals surface area contributed by atoms with E-state index >= 15 is 0 Å². The molecule has 1 aliphatic heterocycles. The van der Waals surface area contributed by atoms with E-state index in [-0.39, 0.29) is 12.3 Å². The predicted molar refractivity (Wildman–Crippen MR) is 68.5 cm³/mol. The largest absolute Gasteiger partial charge is 0.481 e. The molecule has 5 atom stereocenters. The summed E-state index contributed by atoms with van der Waals surface area (Å²) in [7, 11) is 0. The molecule has 0 radical (unpaired) electrons. The van der Waals surface area contributed by atoms with E-state index in [4.69, 9.17) is 9.47 Å². The van der Waals surface area contributed by atoms with Crippen LogP contribution in [0.25, 0.3) is 0 Å². The molecule has 1 saturated heterocycles. The number of alkyl halides is 4. The summed E-state index contributed by atoms with van der Waals surface area (Å²) in [5.74, 6) is -9.48. The normalized spacial score (nSPS) is 50.0. The van der Waals surface area contributed by atoms with Gasteiger partial charge in [-0.15, -0.1) is 0 Å². The number of hydrogen-bond acceptors (Lipinski definition) is 3. The van der Waals surface area contributed by atoms with Gasteiger partial charge in [0.15, 0.2) is 0 Å². The van der Waals surface area contributed by atoms with Crippen LogP contribution in [-0.4, -0.2) is 48.3 Å². The first-order chi connectivity index (χ1) is 10.6. The number of carboxylic acid groups (broad SMARTS) is 1. The van der Waals surface area contributed by atoms with Crippen LogP contribution in [0.15, 0.2) is 0 Å². The van der Waals surface area contributed by atoms with Gasteiger partial charge in [-0.1, -0.05) is 0 Å². The Morgan fingerprint density at radius 2 is 1.65 bits per heavy atom. The molecule has 4 aliphatic rings. The molecule has 3 saturated carbocycles. The molecule has 4 nitrogen and oxygen atoms in total. The highest BCUT2D eigenvalue weighted by Crippen LogP contribution is 2.71. The lowest BCUT2D eigenvalue weighted by Gasteiger charge is -2.55. The van der Waals surface area contributed by atoms with Crippen molar-refractivity contribution in [1.82, 2.24) is 0 Å². The third-order valence-corrected chi connectivity index (χ3v) is 6.44. The van der Waals surface area contributed by atoms with Gasteiger partial charge in [0.1, 0.15) is 13.2 Å². The molecule has 1 heterocycles. The smallest absolute Gasteiger partial charge is 0.335 e. The lowest BCUT2D eigenvalue weighted by molar-refractivity contribution is -0.292. The molecule has 1 spiro atoms. The van der Waals surface area contributed by atoms with E-state index in [0.29, 0.717) is 25.7 Å². The summed E-state index contributed by atoms with van der Waals surface area (Å²) < 4.78 is 65.1. The highest BCUT2D eigenvalue weighted by molar-refractivity contribution is 5.76. The number of ether oxygens (including phenoxy) is 2. The van der Waals surface area contributed by atoms with Crippen molar-refractivity contribution in [2.24, 2.45) is 16.7 Å². The number of halogens is 4. The zero-order chi connectivity index (χ0) is 16.7. The molecule has 4 fully saturated rings. The Hall–Kier alpha value is -0.890. The van der Waals surface area contributed by atoms with Crippen LogP contribution in [0.5, 0.6) is 0 Å². The van der Waals surface area contributed by atoms with Gasteiger partial charge in [0.05, 0.1) is 17.6 Å². The molecule has 23 heavy (non-hydrogen) atoms. The van der Waals surface area contributed by atoms with Crippen LogP contribution in [0.4, 0.5) is 17.6 Å². The molecule has 130 valence electrons. The minimum absolute atomic E-state index is 0.0887. The number of hydrogen-bond donors (Lipinski definition) is 1. The van der Waals surface area contributed by atoms with E-state index in [0.717, 1.165) is 0 Å². The second kappa shape index (κ2) is 4.39. The standard InChI is InChI=1S/C15H18F4O4/c16-14(17)6-22-9-3-12(11(20)21)2-8-1-10(13(8,4-9)5-12)23-7-15(14,18)19/h8-10H,1-7H2,(H,20,21). The molecular weight excluding hydrogens is 320 g/mol. The van der Waals surface area contributed by atoms with E-state index in [1.54, 1.807) is 0 Å². The monoisotopic (exact) mass is 338 g/mol. The molecule has 1 N–H and O–H groups in total. The zero-order valence-electron chi connectivity index (χ0n) is 12.4. The lowest BCUT2D eigenvalue weighted by atomic mass is 9.55. The molecule has 0 amide bonds. The fraction of sp³-hybridized carbons (Fsp3) is 0.933. The van der Waals surface area contributed by atoms with Gasteiger partial charge in [-0.05, 0) is 38.0 Å². The second-order valence-corrected chi connectivity index (χ2v) is 7.68. The number of carbonyl (C=O) groups is 1. The number of fused-ring (bicyclic) bond motifs is 2. The van der Waals surface area contributed by atoms with E-state index in [1.165, 1.54) is 0 Å². The van der Waals surface area contributed by atoms with Crippen molar-refractivity contribution < 1.29 is 36.9 Å². The van der Waals surface area contributed by atoms with Crippen molar-refractivity contribution in [3.8, 4) is 0 Å². The zero-order valence-corrected chi connectivity index (χ0v) is 12.4. The Labute approximate surface area is 130 Å². The highest BCUT2D eigenvalue weighted by atomic mass is 19.3. The SMILES string of the molecule is O=C(O)C12CC3CC4(C1)C(CC4OCC(F)(F)C(F)(F)CO3)C2. The van der Waals surface area contributed by atoms with Gasteiger partial charge in [-0.3, -0.25) is 4.79 Å². The predicted octanol–water partition coefficient (Wildman–Crippen LogP) is 2.71. The van der Waals surface area contributed by atoms with Crippen LogP contribution in [0.1, 0.15) is 32.1 Å². The van der Waals surface area contributed by atoms with Crippen LogP contribution >= 0.6 is 0 Å². The van der Waals surface area contributed by atoms with Crippen molar-refractivity contribution in [3.05, 3.63) is 0 Å². The average molecular weight is 338 g/mol. The summed E-state index contributed by atoms with van der Waals surface area (Å²) in [4.78, 5) is 11.7. The number of carboxylic acids is 1. The minimum atomic E-state index is -4.33. The van der Waals surface area contributed by atoms with Gasteiger partial charge in [0, 0.05) is 5.41 Å². The fourth-order valence-corrected chi connectivity index (χ4v) is 5.25. The van der Waals surface area contributed by atoms with Crippen LogP contribution < -0.4 is 0 Å². The van der Waals surface area contributed by atoms with E-state index in [1.807, 2.05) is 0 Å². The van der Waals surface area contributed by atoms with Crippen molar-refractivity contribution in [1.29, 1.82) is 0 Å². The summed E-state index contributed by atoms with van der Waals surface area (Å²) >= 11 is 0. The molecule has 0 aromatic heterocycles. The van der Waals surface area contributed by atoms with Crippen molar-refractivity contribution >= 4 is 5.97 Å². The van der Waals surface area contributed by atoms with Crippen LogP contribution in [0, 0.1) is 16.7 Å². The topological polar surface area (TPSA) is 55.8 Å². The molecule has 0 aromatic rings. The minimum Gasteiger partial charge on any atom is -0.481 e. The molecular formula is C15H18F4O4. The Morgan fingerprint density at radius 3 is 2.30 bits per heavy atom. The van der Waals surface area contributed by atoms with Crippen molar-refractivity contribution in [2.75, 3.05) is 13.2 Å². The summed E-state index contributed by atoms with van der Waals surface area (Å²) in [6.45, 7) is -2.76. The van der Waals surface area contributed by atoms with Gasteiger partial charge in [-0.25, -0.2) is 0 Å². The van der Waals surface area contributed by atoms with Crippen LogP contribution in [-0.2, 0) is 14.3 Å². The lowest BCUT2D eigenvalue weighted by Crippen LogP contribution is -2.59. The van der Waals surface area contributed by atoms with Gasteiger partial charge in [0.2, 0.25) is 0 Å². The van der Waals surface area contributed by atoms with Crippen molar-refractivity contribution in [3.63, 3.8) is 0 Å². The third-order valence-electron chi connectivity index (χ3n) is 6.44. The molecule has 4 rings (SSSR count). The Morgan fingerprint density at radius 1 is 1.00 bits per heavy atom. The summed E-state index contributed by atoms with van der Waals surface area (Å²) in [5, 5.41) is 9.61. The molecule has 5 unspecified atom stereocenters. The highest BCUT2D eigenvalue weighted by Gasteiger charge is 2.71. The first kappa shape index (κ1) is 15.6. The van der Waals surface area contributed by atoms with E-state index in [9.17, 15) is 27.5 Å². The first-order valence-electron chi connectivity index (χ1n) is 7.83. The number of rotatable bonds is 1. The Balaban J connectivity index is 1.68. The maximum Gasteiger partial charge on any atom is 0.335 e.